The second-order valence-electron chi connectivity index (χ2n) is 6.26. The molecule has 7 nitrogen and oxygen atoms in total. The van der Waals surface area contributed by atoms with Gasteiger partial charge in [0, 0.05) is 24.9 Å². The number of hydrogen-bond acceptors (Lipinski definition) is 4. The molecule has 0 saturated carbocycles. The largest absolute Gasteiger partial charge is 0.466 e. The number of esters is 1. The molecule has 7 heteroatoms. The third kappa shape index (κ3) is 4.36. The monoisotopic (exact) mass is 369 g/mol. The van der Waals surface area contributed by atoms with E-state index in [4.69, 9.17) is 4.74 Å². The zero-order valence-electron chi connectivity index (χ0n) is 15.3. The molecule has 3 rings (SSSR count). The van der Waals surface area contributed by atoms with Gasteiger partial charge in [-0.1, -0.05) is 36.4 Å². The molecule has 1 N–H and O–H groups in total. The summed E-state index contributed by atoms with van der Waals surface area (Å²) in [6.07, 6.45) is 0.743. The molecule has 1 aliphatic heterocycles. The van der Waals surface area contributed by atoms with Gasteiger partial charge in [-0.25, -0.2) is 9.80 Å². The van der Waals surface area contributed by atoms with Crippen LogP contribution in [0.2, 0.25) is 0 Å². The van der Waals surface area contributed by atoms with E-state index in [-0.39, 0.29) is 31.4 Å². The first-order chi connectivity index (χ1) is 13.1. The highest BCUT2D eigenvalue weighted by atomic mass is 16.5. The molecule has 0 aliphatic carbocycles. The van der Waals surface area contributed by atoms with Crippen molar-refractivity contribution in [2.75, 3.05) is 25.0 Å². The number of anilines is 1. The Hall–Kier alpha value is -3.09. The van der Waals surface area contributed by atoms with Gasteiger partial charge in [0.25, 0.3) is 0 Å². The Morgan fingerprint density at radius 2 is 1.74 bits per heavy atom. The third-order valence-corrected chi connectivity index (χ3v) is 4.43. The Kier molecular flexibility index (Phi) is 5.90. The summed E-state index contributed by atoms with van der Waals surface area (Å²) in [5.74, 6) is -0.662. The lowest BCUT2D eigenvalue weighted by atomic mass is 10.1. The highest BCUT2D eigenvalue weighted by Crippen LogP contribution is 2.24. The predicted molar refractivity (Wildman–Crippen MR) is 102 cm³/mol. The van der Waals surface area contributed by atoms with Crippen molar-refractivity contribution in [3.63, 3.8) is 0 Å². The van der Waals surface area contributed by atoms with E-state index >= 15 is 0 Å². The van der Waals surface area contributed by atoms with Crippen molar-refractivity contribution in [1.29, 1.82) is 0 Å². The summed E-state index contributed by atoms with van der Waals surface area (Å²) in [6, 6.07) is 13.1. The molecule has 2 aromatic rings. The Balaban J connectivity index is 1.66. The molecule has 1 fully saturated rings. The Bertz CT molecular complexity index is 847. The van der Waals surface area contributed by atoms with Crippen LogP contribution in [0.3, 0.4) is 0 Å². The Morgan fingerprint density at radius 3 is 2.56 bits per heavy atom. The average Bonchev–Trinajstić information content (AvgIpc) is 3.17. The topological polar surface area (TPSA) is 79.0 Å². The molecule has 1 saturated heterocycles. The predicted octanol–water partition coefficient (Wildman–Crippen LogP) is 3.16. The highest BCUT2D eigenvalue weighted by molar-refractivity contribution is 6.02. The van der Waals surface area contributed by atoms with E-state index in [1.165, 1.54) is 10.0 Å². The first-order valence-electron chi connectivity index (χ1n) is 9.12. The lowest BCUT2D eigenvalue weighted by Gasteiger charge is -2.28. The van der Waals surface area contributed by atoms with E-state index in [2.05, 4.69) is 5.32 Å². The van der Waals surface area contributed by atoms with Gasteiger partial charge in [0.15, 0.2) is 0 Å². The summed E-state index contributed by atoms with van der Waals surface area (Å²) in [6.45, 7) is 2.93. The summed E-state index contributed by atoms with van der Waals surface area (Å²) in [7, 11) is 0. The first-order valence-corrected chi connectivity index (χ1v) is 9.12. The van der Waals surface area contributed by atoms with Gasteiger partial charge in [-0.3, -0.25) is 14.6 Å². The van der Waals surface area contributed by atoms with Gasteiger partial charge in [-0.05, 0) is 24.8 Å². The van der Waals surface area contributed by atoms with Gasteiger partial charge in [-0.15, -0.1) is 0 Å². The van der Waals surface area contributed by atoms with Crippen molar-refractivity contribution in [2.24, 2.45) is 0 Å². The lowest BCUT2D eigenvalue weighted by Crippen LogP contribution is -2.46. The van der Waals surface area contributed by atoms with Crippen LogP contribution in [-0.2, 0) is 14.3 Å². The van der Waals surface area contributed by atoms with E-state index < -0.39 is 5.97 Å². The fourth-order valence-corrected chi connectivity index (χ4v) is 3.17. The van der Waals surface area contributed by atoms with E-state index in [1.807, 2.05) is 42.5 Å². The maximum atomic E-state index is 12.7. The molecular formula is C20H23N3O4. The molecule has 2 aromatic carbocycles. The van der Waals surface area contributed by atoms with Gasteiger partial charge in [-0.2, -0.15) is 0 Å². The number of fused-ring (bicyclic) bond motifs is 1. The number of amides is 3. The van der Waals surface area contributed by atoms with Crippen molar-refractivity contribution < 1.29 is 19.1 Å². The maximum Gasteiger partial charge on any atom is 0.340 e. The molecule has 0 spiro atoms. The van der Waals surface area contributed by atoms with Crippen LogP contribution < -0.4 is 5.32 Å². The molecule has 1 heterocycles. The van der Waals surface area contributed by atoms with Gasteiger partial charge < -0.3 is 10.1 Å². The molecule has 3 amide bonds. The summed E-state index contributed by atoms with van der Waals surface area (Å²) >= 11 is 0. The smallest absolute Gasteiger partial charge is 0.340 e. The van der Waals surface area contributed by atoms with Gasteiger partial charge in [0.05, 0.1) is 18.7 Å². The van der Waals surface area contributed by atoms with Gasteiger partial charge >= 0.3 is 12.0 Å². The first kappa shape index (κ1) is 18.7. The molecule has 0 bridgehead atoms. The van der Waals surface area contributed by atoms with Crippen LogP contribution in [0.4, 0.5) is 10.5 Å². The maximum absolute atomic E-state index is 12.7. The number of carbonyl (C=O) groups excluding carboxylic acids is 3. The minimum absolute atomic E-state index is 0.0158. The SMILES string of the molecule is CCOC(=O)CCC(=O)N1CCCN1C(=O)Nc1cccc2ccccc12. The fourth-order valence-electron chi connectivity index (χ4n) is 3.17. The van der Waals surface area contributed by atoms with Crippen molar-refractivity contribution in [3.8, 4) is 0 Å². The highest BCUT2D eigenvalue weighted by Gasteiger charge is 2.31. The van der Waals surface area contributed by atoms with Crippen LogP contribution in [-0.4, -0.2) is 47.6 Å². The zero-order valence-corrected chi connectivity index (χ0v) is 15.3. The summed E-state index contributed by atoms with van der Waals surface area (Å²) in [4.78, 5) is 36.6. The second kappa shape index (κ2) is 8.53. The molecule has 0 aromatic heterocycles. The van der Waals surface area contributed by atoms with Crippen molar-refractivity contribution in [2.45, 2.75) is 26.2 Å². The number of hydrazine groups is 1. The van der Waals surface area contributed by atoms with Crippen LogP contribution in [0.5, 0.6) is 0 Å². The Labute approximate surface area is 157 Å². The fraction of sp³-hybridized carbons (Fsp3) is 0.350. The third-order valence-electron chi connectivity index (χ3n) is 4.43. The normalized spacial score (nSPS) is 13.7. The number of ether oxygens (including phenoxy) is 1. The van der Waals surface area contributed by atoms with Gasteiger partial charge in [0.2, 0.25) is 5.91 Å². The molecule has 0 radical (unpaired) electrons. The van der Waals surface area contributed by atoms with Crippen molar-refractivity contribution >= 4 is 34.4 Å². The summed E-state index contributed by atoms with van der Waals surface area (Å²) in [5.41, 5.74) is 0.698. The number of hydrogen-bond donors (Lipinski definition) is 1. The van der Waals surface area contributed by atoms with Crippen LogP contribution in [0.15, 0.2) is 42.5 Å². The molecule has 0 unspecified atom stereocenters. The molecule has 1 aliphatic rings. The van der Waals surface area contributed by atoms with Gasteiger partial charge in [0.1, 0.15) is 0 Å². The Morgan fingerprint density at radius 1 is 1.00 bits per heavy atom. The summed E-state index contributed by atoms with van der Waals surface area (Å²) < 4.78 is 4.85. The zero-order chi connectivity index (χ0) is 19.2. The quantitative estimate of drug-likeness (QED) is 0.821. The molecule has 142 valence electrons. The van der Waals surface area contributed by atoms with E-state index in [0.717, 1.165) is 10.8 Å². The number of nitrogens with one attached hydrogen (secondary N) is 1. The standard InChI is InChI=1S/C20H23N3O4/c1-2-27-19(25)12-11-18(24)22-13-6-14-23(22)20(26)21-17-10-5-8-15-7-3-4-9-16(15)17/h3-5,7-10H,2,6,11-14H2,1H3,(H,21,26). The minimum atomic E-state index is -0.406. The molecule has 0 atom stereocenters. The van der Waals surface area contributed by atoms with Crippen molar-refractivity contribution in [1.82, 2.24) is 10.0 Å². The summed E-state index contributed by atoms with van der Waals surface area (Å²) in [5, 5.41) is 7.69. The van der Waals surface area contributed by atoms with E-state index in [9.17, 15) is 14.4 Å². The number of carbonyl (C=O) groups is 3. The average molecular weight is 369 g/mol. The van der Waals surface area contributed by atoms with Crippen LogP contribution in [0.1, 0.15) is 26.2 Å². The second-order valence-corrected chi connectivity index (χ2v) is 6.26. The van der Waals surface area contributed by atoms with Crippen LogP contribution >= 0.6 is 0 Å². The minimum Gasteiger partial charge on any atom is -0.466 e. The molecular weight excluding hydrogens is 346 g/mol. The lowest BCUT2D eigenvalue weighted by molar-refractivity contribution is -0.148. The van der Waals surface area contributed by atoms with Crippen LogP contribution in [0.25, 0.3) is 10.8 Å². The molecule has 27 heavy (non-hydrogen) atoms. The number of benzene rings is 2. The van der Waals surface area contributed by atoms with Crippen LogP contribution in [0, 0.1) is 0 Å². The van der Waals surface area contributed by atoms with Crippen molar-refractivity contribution in [3.05, 3.63) is 42.5 Å². The number of nitrogens with zero attached hydrogens (tertiary/aromatic N) is 2. The van der Waals surface area contributed by atoms with E-state index in [1.54, 1.807) is 6.92 Å². The number of rotatable bonds is 5. The van der Waals surface area contributed by atoms with E-state index in [0.29, 0.717) is 25.2 Å². The number of urea groups is 1.